The Balaban J connectivity index is 1.95. The Morgan fingerprint density at radius 2 is 1.94 bits per heavy atom. The molecule has 0 nitrogen and oxygen atoms in total. The fraction of sp³-hybridized carbons (Fsp3) is 0.600. The molecule has 1 aromatic rings. The predicted octanol–water partition coefficient (Wildman–Crippen LogP) is 5.27. The van der Waals surface area contributed by atoms with Gasteiger partial charge in [0.05, 0.1) is 0 Å². The molecular weight excluding hydrogens is 260 g/mol. The molecule has 0 aromatic heterocycles. The monoisotopic (exact) mass is 280 g/mol. The van der Waals surface area contributed by atoms with Gasteiger partial charge in [-0.3, -0.25) is 0 Å². The molecule has 2 rings (SSSR count). The van der Waals surface area contributed by atoms with Crippen molar-refractivity contribution < 1.29 is 0 Å². The highest BCUT2D eigenvalue weighted by molar-refractivity contribution is 9.09. The van der Waals surface area contributed by atoms with Crippen molar-refractivity contribution in [3.8, 4) is 0 Å². The predicted molar refractivity (Wildman–Crippen MR) is 74.1 cm³/mol. The largest absolute Gasteiger partial charge is 0.0836 e. The van der Waals surface area contributed by atoms with Gasteiger partial charge in [-0.15, -0.1) is 0 Å². The summed E-state index contributed by atoms with van der Waals surface area (Å²) in [4.78, 5) is 0.585. The topological polar surface area (TPSA) is 0 Å². The Bertz CT molecular complexity index is 311. The van der Waals surface area contributed by atoms with E-state index in [1.807, 2.05) is 0 Å². The highest BCUT2D eigenvalue weighted by Crippen LogP contribution is 2.42. The lowest BCUT2D eigenvalue weighted by molar-refractivity contribution is 0.312. The van der Waals surface area contributed by atoms with Crippen molar-refractivity contribution in [2.45, 2.75) is 50.3 Å². The van der Waals surface area contributed by atoms with Gasteiger partial charge in [0.2, 0.25) is 0 Å². The summed E-state index contributed by atoms with van der Waals surface area (Å²) in [6, 6.07) is 9.22. The Morgan fingerprint density at radius 3 is 2.44 bits per heavy atom. The second kappa shape index (κ2) is 5.86. The minimum absolute atomic E-state index is 0.585. The van der Waals surface area contributed by atoms with Gasteiger partial charge in [-0.25, -0.2) is 0 Å². The molecule has 0 aliphatic heterocycles. The zero-order valence-electron chi connectivity index (χ0n) is 10.1. The van der Waals surface area contributed by atoms with E-state index in [4.69, 9.17) is 0 Å². The van der Waals surface area contributed by atoms with Gasteiger partial charge in [-0.2, -0.15) is 0 Å². The van der Waals surface area contributed by atoms with Gasteiger partial charge >= 0.3 is 0 Å². The van der Waals surface area contributed by atoms with Crippen LogP contribution in [0.3, 0.4) is 0 Å². The number of hydrogen-bond acceptors (Lipinski definition) is 0. The van der Waals surface area contributed by atoms with E-state index in [0.29, 0.717) is 4.83 Å². The molecule has 1 atom stereocenters. The average Bonchev–Trinajstić information content (AvgIpc) is 2.24. The minimum Gasteiger partial charge on any atom is -0.0836 e. The number of rotatable bonds is 5. The maximum Gasteiger partial charge on any atom is 0.0423 e. The van der Waals surface area contributed by atoms with Crippen LogP contribution in [0.5, 0.6) is 0 Å². The molecule has 0 saturated heterocycles. The summed E-state index contributed by atoms with van der Waals surface area (Å²) >= 11 is 3.84. The molecule has 1 fully saturated rings. The molecule has 88 valence electrons. The molecule has 0 N–H and O–H groups in total. The fourth-order valence-electron chi connectivity index (χ4n) is 2.25. The smallest absolute Gasteiger partial charge is 0.0423 e. The lowest BCUT2D eigenvalue weighted by Crippen LogP contribution is -2.16. The van der Waals surface area contributed by atoms with Crippen molar-refractivity contribution in [1.29, 1.82) is 0 Å². The van der Waals surface area contributed by atoms with Crippen LogP contribution in [-0.4, -0.2) is 0 Å². The van der Waals surface area contributed by atoms with Gasteiger partial charge in [0, 0.05) is 4.83 Å². The van der Waals surface area contributed by atoms with Crippen LogP contribution in [0.1, 0.15) is 55.0 Å². The van der Waals surface area contributed by atoms with E-state index in [0.717, 1.165) is 5.92 Å². The van der Waals surface area contributed by atoms with Crippen LogP contribution in [0.2, 0.25) is 0 Å². The molecule has 1 aliphatic rings. The number of halogens is 1. The van der Waals surface area contributed by atoms with Crippen molar-refractivity contribution in [2.24, 2.45) is 5.92 Å². The quantitative estimate of drug-likeness (QED) is 0.645. The summed E-state index contributed by atoms with van der Waals surface area (Å²) in [5.74, 6) is 0.876. The summed E-state index contributed by atoms with van der Waals surface area (Å²) in [7, 11) is 0. The van der Waals surface area contributed by atoms with E-state index < -0.39 is 0 Å². The summed E-state index contributed by atoms with van der Waals surface area (Å²) in [6.07, 6.45) is 8.03. The molecule has 0 heterocycles. The number of unbranched alkanes of at least 4 members (excludes halogenated alkanes) is 1. The van der Waals surface area contributed by atoms with E-state index in [1.54, 1.807) is 0 Å². The lowest BCUT2D eigenvalue weighted by Gasteiger charge is -2.30. The van der Waals surface area contributed by atoms with Crippen LogP contribution in [0.25, 0.3) is 0 Å². The number of alkyl halides is 1. The number of hydrogen-bond donors (Lipinski definition) is 0. The van der Waals surface area contributed by atoms with E-state index in [9.17, 15) is 0 Å². The Morgan fingerprint density at radius 1 is 1.25 bits per heavy atom. The third-order valence-corrected chi connectivity index (χ3v) is 4.96. The number of aryl methyl sites for hydroxylation is 1. The van der Waals surface area contributed by atoms with Crippen molar-refractivity contribution in [3.05, 3.63) is 35.4 Å². The molecule has 1 aromatic carbocycles. The van der Waals surface area contributed by atoms with Crippen molar-refractivity contribution in [3.63, 3.8) is 0 Å². The third-order valence-electron chi connectivity index (χ3n) is 3.68. The molecule has 1 unspecified atom stereocenters. The van der Waals surface area contributed by atoms with E-state index >= 15 is 0 Å². The molecule has 16 heavy (non-hydrogen) atoms. The van der Waals surface area contributed by atoms with E-state index in [1.165, 1.54) is 49.7 Å². The SMILES string of the molecule is CCCCc1ccc(C(Br)C2CCC2)cc1. The summed E-state index contributed by atoms with van der Waals surface area (Å²) in [6.45, 7) is 2.25. The summed E-state index contributed by atoms with van der Waals surface area (Å²) in [5.41, 5.74) is 2.95. The van der Waals surface area contributed by atoms with Crippen molar-refractivity contribution in [2.75, 3.05) is 0 Å². The molecule has 0 amide bonds. The summed E-state index contributed by atoms with van der Waals surface area (Å²) < 4.78 is 0. The molecule has 1 saturated carbocycles. The number of benzene rings is 1. The van der Waals surface area contributed by atoms with Crippen LogP contribution in [0, 0.1) is 5.92 Å². The van der Waals surface area contributed by atoms with Crippen LogP contribution < -0.4 is 0 Å². The van der Waals surface area contributed by atoms with Gasteiger partial charge in [0.15, 0.2) is 0 Å². The zero-order chi connectivity index (χ0) is 11.4. The van der Waals surface area contributed by atoms with Crippen molar-refractivity contribution >= 4 is 15.9 Å². The Kier molecular flexibility index (Phi) is 4.45. The zero-order valence-corrected chi connectivity index (χ0v) is 11.7. The normalized spacial score (nSPS) is 18.1. The van der Waals surface area contributed by atoms with Gasteiger partial charge < -0.3 is 0 Å². The van der Waals surface area contributed by atoms with E-state index in [2.05, 4.69) is 47.1 Å². The standard InChI is InChI=1S/C15H21Br/c1-2-3-5-12-8-10-14(11-9-12)15(16)13-6-4-7-13/h8-11,13,15H,2-7H2,1H3. The Hall–Kier alpha value is -0.300. The lowest BCUT2D eigenvalue weighted by atomic mass is 9.81. The fourth-order valence-corrected chi connectivity index (χ4v) is 3.09. The maximum absolute atomic E-state index is 3.84. The van der Waals surface area contributed by atoms with Gasteiger partial charge in [0.1, 0.15) is 0 Å². The highest BCUT2D eigenvalue weighted by Gasteiger charge is 2.26. The molecule has 1 heteroatoms. The molecule has 0 bridgehead atoms. The molecular formula is C15H21Br. The first-order valence-corrected chi connectivity index (χ1v) is 7.45. The second-order valence-electron chi connectivity index (χ2n) is 4.94. The second-order valence-corrected chi connectivity index (χ2v) is 5.92. The highest BCUT2D eigenvalue weighted by atomic mass is 79.9. The molecule has 1 aliphatic carbocycles. The van der Waals surface area contributed by atoms with Crippen LogP contribution in [0.15, 0.2) is 24.3 Å². The van der Waals surface area contributed by atoms with Crippen LogP contribution >= 0.6 is 15.9 Å². The van der Waals surface area contributed by atoms with E-state index in [-0.39, 0.29) is 0 Å². The first-order chi connectivity index (χ1) is 7.81. The van der Waals surface area contributed by atoms with Gasteiger partial charge in [0.25, 0.3) is 0 Å². The van der Waals surface area contributed by atoms with Crippen molar-refractivity contribution in [1.82, 2.24) is 0 Å². The van der Waals surface area contributed by atoms with Gasteiger partial charge in [-0.05, 0) is 42.7 Å². The molecule has 0 radical (unpaired) electrons. The van der Waals surface area contributed by atoms with Crippen LogP contribution in [0.4, 0.5) is 0 Å². The maximum atomic E-state index is 3.84. The first-order valence-electron chi connectivity index (χ1n) is 6.54. The van der Waals surface area contributed by atoms with Crippen LogP contribution in [-0.2, 0) is 6.42 Å². The minimum atomic E-state index is 0.585. The summed E-state index contributed by atoms with van der Waals surface area (Å²) in [5, 5.41) is 0. The van der Waals surface area contributed by atoms with Gasteiger partial charge in [-0.1, -0.05) is 60.0 Å². The first kappa shape index (κ1) is 12.2. The average molecular weight is 281 g/mol. The molecule has 0 spiro atoms. The Labute approximate surface area is 108 Å². The third kappa shape index (κ3) is 2.88.